The summed E-state index contributed by atoms with van der Waals surface area (Å²) in [5.74, 6) is 2.70. The Morgan fingerprint density at radius 2 is 1.77 bits per heavy atom. The molecule has 0 spiro atoms. The molecule has 0 saturated carbocycles. The first-order valence-corrected chi connectivity index (χ1v) is 11.3. The average molecular weight is 400 g/mol. The molecule has 132 valence electrons. The average Bonchev–Trinajstić information content (AvgIpc) is 3.35. The molecule has 1 aromatic heterocycles. The summed E-state index contributed by atoms with van der Waals surface area (Å²) in [6, 6.07) is 17.8. The number of carbonyl (C=O) groups excluding carboxylic acids is 1. The maximum atomic E-state index is 12.2. The molecule has 2 heterocycles. The summed E-state index contributed by atoms with van der Waals surface area (Å²) in [5, 5.41) is 2.84. The highest BCUT2D eigenvalue weighted by atomic mass is 32.2. The largest absolute Gasteiger partial charge is 0.426 e. The minimum absolute atomic E-state index is 0.180. The lowest BCUT2D eigenvalue weighted by molar-refractivity contribution is -0.133. The Bertz CT molecular complexity index is 872. The Kier molecular flexibility index (Phi) is 5.62. The summed E-state index contributed by atoms with van der Waals surface area (Å²) in [4.78, 5) is 16.7. The lowest BCUT2D eigenvalue weighted by Crippen LogP contribution is -2.11. The fourth-order valence-corrected chi connectivity index (χ4v) is 6.35. The van der Waals surface area contributed by atoms with Crippen LogP contribution in [0.25, 0.3) is 10.6 Å². The number of rotatable bonds is 5. The fraction of sp³-hybridized carbons (Fsp3) is 0.200. The summed E-state index contributed by atoms with van der Waals surface area (Å²) < 4.78 is 5.97. The van der Waals surface area contributed by atoms with Crippen LogP contribution in [-0.4, -0.2) is 22.5 Å². The SMILES string of the molecule is O=C(Cc1csc(-c2ccccc2)n1)Oc1ccc(C2SCCS2)cc1. The third-order valence-corrected chi connectivity index (χ3v) is 7.95. The van der Waals surface area contributed by atoms with Gasteiger partial charge in [0.1, 0.15) is 10.8 Å². The van der Waals surface area contributed by atoms with Crippen LogP contribution in [0.1, 0.15) is 15.8 Å². The molecule has 1 saturated heterocycles. The number of hydrogen-bond acceptors (Lipinski definition) is 6. The molecule has 0 aliphatic carbocycles. The molecule has 1 fully saturated rings. The summed E-state index contributed by atoms with van der Waals surface area (Å²) in [7, 11) is 0. The first-order valence-electron chi connectivity index (χ1n) is 8.31. The van der Waals surface area contributed by atoms with Crippen molar-refractivity contribution in [1.29, 1.82) is 0 Å². The quantitative estimate of drug-likeness (QED) is 0.422. The van der Waals surface area contributed by atoms with Gasteiger partial charge in [-0.1, -0.05) is 42.5 Å². The van der Waals surface area contributed by atoms with E-state index in [1.165, 1.54) is 17.1 Å². The van der Waals surface area contributed by atoms with E-state index >= 15 is 0 Å². The van der Waals surface area contributed by atoms with E-state index in [2.05, 4.69) is 17.1 Å². The number of benzene rings is 2. The maximum absolute atomic E-state index is 12.2. The molecule has 0 atom stereocenters. The number of aromatic nitrogens is 1. The second-order valence-corrected chi connectivity index (χ2v) is 9.39. The van der Waals surface area contributed by atoms with Crippen molar-refractivity contribution in [1.82, 2.24) is 4.98 Å². The van der Waals surface area contributed by atoms with Crippen LogP contribution >= 0.6 is 34.9 Å². The molecule has 0 unspecified atom stereocenters. The van der Waals surface area contributed by atoms with E-state index in [1.807, 2.05) is 71.4 Å². The second-order valence-electron chi connectivity index (χ2n) is 5.80. The molecule has 6 heteroatoms. The van der Waals surface area contributed by atoms with E-state index < -0.39 is 0 Å². The van der Waals surface area contributed by atoms with Gasteiger partial charge in [0.15, 0.2) is 0 Å². The van der Waals surface area contributed by atoms with E-state index in [4.69, 9.17) is 4.74 Å². The molecule has 0 bridgehead atoms. The van der Waals surface area contributed by atoms with Crippen molar-refractivity contribution in [2.75, 3.05) is 11.5 Å². The number of nitrogens with zero attached hydrogens (tertiary/aromatic N) is 1. The van der Waals surface area contributed by atoms with Crippen LogP contribution < -0.4 is 4.74 Å². The van der Waals surface area contributed by atoms with Gasteiger partial charge in [-0.25, -0.2) is 4.98 Å². The number of thiazole rings is 1. The molecule has 26 heavy (non-hydrogen) atoms. The van der Waals surface area contributed by atoms with Crippen molar-refractivity contribution in [3.63, 3.8) is 0 Å². The molecular weight excluding hydrogens is 382 g/mol. The van der Waals surface area contributed by atoms with Gasteiger partial charge in [-0.3, -0.25) is 4.79 Å². The minimum atomic E-state index is -0.285. The predicted molar refractivity (Wildman–Crippen MR) is 111 cm³/mol. The molecule has 0 radical (unpaired) electrons. The highest BCUT2D eigenvalue weighted by molar-refractivity contribution is 8.19. The topological polar surface area (TPSA) is 39.2 Å². The highest BCUT2D eigenvalue weighted by Gasteiger charge is 2.18. The zero-order valence-electron chi connectivity index (χ0n) is 14.0. The van der Waals surface area contributed by atoms with E-state index in [0.717, 1.165) is 16.3 Å². The van der Waals surface area contributed by atoms with Crippen molar-refractivity contribution in [2.24, 2.45) is 0 Å². The molecule has 1 aliphatic heterocycles. The zero-order valence-corrected chi connectivity index (χ0v) is 16.4. The van der Waals surface area contributed by atoms with Crippen LogP contribution in [0.5, 0.6) is 5.75 Å². The lowest BCUT2D eigenvalue weighted by atomic mass is 10.2. The zero-order chi connectivity index (χ0) is 17.8. The Hall–Kier alpha value is -1.76. The molecule has 1 aliphatic rings. The van der Waals surface area contributed by atoms with Gasteiger partial charge in [0.2, 0.25) is 0 Å². The minimum Gasteiger partial charge on any atom is -0.426 e. The van der Waals surface area contributed by atoms with Crippen molar-refractivity contribution < 1.29 is 9.53 Å². The summed E-state index contributed by atoms with van der Waals surface area (Å²) in [6.45, 7) is 0. The van der Waals surface area contributed by atoms with E-state index in [-0.39, 0.29) is 12.4 Å². The number of ether oxygens (including phenoxy) is 1. The van der Waals surface area contributed by atoms with Crippen molar-refractivity contribution >= 4 is 40.8 Å². The third-order valence-electron chi connectivity index (χ3n) is 3.90. The monoisotopic (exact) mass is 399 g/mol. The Morgan fingerprint density at radius 1 is 1.04 bits per heavy atom. The second kappa shape index (κ2) is 8.29. The van der Waals surface area contributed by atoms with Crippen LogP contribution in [0.15, 0.2) is 60.0 Å². The van der Waals surface area contributed by atoms with Gasteiger partial charge < -0.3 is 4.74 Å². The van der Waals surface area contributed by atoms with Gasteiger partial charge in [-0.15, -0.1) is 34.9 Å². The summed E-state index contributed by atoms with van der Waals surface area (Å²) >= 11 is 5.47. The predicted octanol–water partition coefficient (Wildman–Crippen LogP) is 5.44. The van der Waals surface area contributed by atoms with E-state index in [9.17, 15) is 4.79 Å². The number of esters is 1. The number of thioether (sulfide) groups is 2. The lowest BCUT2D eigenvalue weighted by Gasteiger charge is -2.09. The van der Waals surface area contributed by atoms with E-state index in [0.29, 0.717) is 10.3 Å². The van der Waals surface area contributed by atoms with Crippen molar-refractivity contribution in [2.45, 2.75) is 11.0 Å². The van der Waals surface area contributed by atoms with Gasteiger partial charge in [0, 0.05) is 22.4 Å². The van der Waals surface area contributed by atoms with Crippen molar-refractivity contribution in [3.8, 4) is 16.3 Å². The Morgan fingerprint density at radius 3 is 2.50 bits per heavy atom. The maximum Gasteiger partial charge on any atom is 0.317 e. The van der Waals surface area contributed by atoms with Gasteiger partial charge >= 0.3 is 5.97 Å². The van der Waals surface area contributed by atoms with Gasteiger partial charge in [0.05, 0.1) is 16.7 Å². The molecular formula is C20H17NO2S3. The van der Waals surface area contributed by atoms with Gasteiger partial charge in [-0.2, -0.15) is 0 Å². The highest BCUT2D eigenvalue weighted by Crippen LogP contribution is 2.45. The standard InChI is InChI=1S/C20H17NO2S3/c22-18(12-16-13-26-19(21-16)14-4-2-1-3-5-14)23-17-8-6-15(7-9-17)20-24-10-11-25-20/h1-9,13,20H,10-12H2. The first kappa shape index (κ1) is 17.6. The molecule has 3 aromatic rings. The van der Waals surface area contributed by atoms with Crippen LogP contribution in [-0.2, 0) is 11.2 Å². The van der Waals surface area contributed by atoms with E-state index in [1.54, 1.807) is 11.3 Å². The molecule has 3 nitrogen and oxygen atoms in total. The fourth-order valence-electron chi connectivity index (χ4n) is 2.66. The smallest absolute Gasteiger partial charge is 0.317 e. The number of carbonyl (C=O) groups is 1. The van der Waals surface area contributed by atoms with Crippen LogP contribution in [0.3, 0.4) is 0 Å². The Balaban J connectivity index is 1.36. The molecule has 2 aromatic carbocycles. The molecule has 4 rings (SSSR count). The van der Waals surface area contributed by atoms with Crippen LogP contribution in [0, 0.1) is 0 Å². The molecule has 0 amide bonds. The number of hydrogen-bond donors (Lipinski definition) is 0. The van der Waals surface area contributed by atoms with Crippen molar-refractivity contribution in [3.05, 3.63) is 71.2 Å². The third kappa shape index (κ3) is 4.31. The first-order chi connectivity index (χ1) is 12.8. The summed E-state index contributed by atoms with van der Waals surface area (Å²) in [6.07, 6.45) is 0.180. The van der Waals surface area contributed by atoms with Crippen LogP contribution in [0.4, 0.5) is 0 Å². The normalized spacial score (nSPS) is 14.5. The van der Waals surface area contributed by atoms with Gasteiger partial charge in [-0.05, 0) is 17.7 Å². The van der Waals surface area contributed by atoms with Crippen LogP contribution in [0.2, 0.25) is 0 Å². The summed E-state index contributed by atoms with van der Waals surface area (Å²) in [5.41, 5.74) is 3.09. The Labute approximate surface area is 165 Å². The van der Waals surface area contributed by atoms with Gasteiger partial charge in [0.25, 0.3) is 0 Å². The molecule has 0 N–H and O–H groups in total.